The molecule has 0 aliphatic rings. The van der Waals surface area contributed by atoms with Crippen molar-refractivity contribution in [3.8, 4) is 0 Å². The zero-order valence-electron chi connectivity index (χ0n) is 12.9. The van der Waals surface area contributed by atoms with Gasteiger partial charge in [-0.3, -0.25) is 4.79 Å². The highest BCUT2D eigenvalue weighted by atomic mass is 16.3. The molecule has 2 aromatic heterocycles. The quantitative estimate of drug-likeness (QED) is 0.874. The fraction of sp³-hybridized carbons (Fsp3) is 0.533. The fourth-order valence-electron chi connectivity index (χ4n) is 2.36. The normalized spacial score (nSPS) is 12.9. The Morgan fingerprint density at radius 3 is 2.81 bits per heavy atom. The van der Waals surface area contributed by atoms with Crippen LogP contribution in [0.5, 0.6) is 0 Å². The van der Waals surface area contributed by atoms with E-state index in [1.807, 2.05) is 33.8 Å². The van der Waals surface area contributed by atoms with Crippen LogP contribution in [-0.2, 0) is 0 Å². The van der Waals surface area contributed by atoms with Gasteiger partial charge in [-0.25, -0.2) is 9.50 Å². The van der Waals surface area contributed by atoms with Crippen LogP contribution in [0.4, 0.5) is 0 Å². The maximum Gasteiger partial charge on any atom is 0.256 e. The number of carbonyl (C=O) groups excluding carboxylic acids is 1. The number of amides is 1. The average Bonchev–Trinajstić information content (AvgIpc) is 2.79. The maximum absolute atomic E-state index is 12.2. The molecule has 0 aromatic carbocycles. The lowest BCUT2D eigenvalue weighted by Crippen LogP contribution is -2.32. The van der Waals surface area contributed by atoms with E-state index in [1.165, 1.54) is 6.20 Å². The molecular formula is C15H22N4O2. The Bertz CT molecular complexity index is 648. The first-order chi connectivity index (χ1) is 9.88. The number of hydrogen-bond donors (Lipinski definition) is 2. The van der Waals surface area contributed by atoms with E-state index in [2.05, 4.69) is 15.4 Å². The zero-order chi connectivity index (χ0) is 15.6. The lowest BCUT2D eigenvalue weighted by atomic mass is 10.1. The van der Waals surface area contributed by atoms with Crippen molar-refractivity contribution in [3.05, 3.63) is 29.2 Å². The highest BCUT2D eigenvalue weighted by Gasteiger charge is 2.16. The minimum absolute atomic E-state index is 0.235. The topological polar surface area (TPSA) is 79.5 Å². The molecular weight excluding hydrogens is 268 g/mol. The largest absolute Gasteiger partial charge is 0.391 e. The van der Waals surface area contributed by atoms with E-state index in [1.54, 1.807) is 4.52 Å². The summed E-state index contributed by atoms with van der Waals surface area (Å²) in [6, 6.07) is 1.91. The van der Waals surface area contributed by atoms with Crippen LogP contribution in [0.15, 0.2) is 12.3 Å². The number of nitrogens with one attached hydrogen (secondary N) is 1. The first kappa shape index (κ1) is 15.4. The van der Waals surface area contributed by atoms with Gasteiger partial charge in [0.25, 0.3) is 5.91 Å². The standard InChI is InChI=1S/C15H22N4O2/c1-9(2)5-12(20)7-16-15(21)13-8-17-19-11(4)6-10(3)18-14(13)19/h6,8-9,12,20H,5,7H2,1-4H3,(H,16,21). The summed E-state index contributed by atoms with van der Waals surface area (Å²) in [5, 5.41) is 16.7. The van der Waals surface area contributed by atoms with Gasteiger partial charge in [-0.2, -0.15) is 5.10 Å². The molecule has 114 valence electrons. The lowest BCUT2D eigenvalue weighted by molar-refractivity contribution is 0.0901. The van der Waals surface area contributed by atoms with Gasteiger partial charge < -0.3 is 10.4 Å². The lowest BCUT2D eigenvalue weighted by Gasteiger charge is -2.13. The summed E-state index contributed by atoms with van der Waals surface area (Å²) in [4.78, 5) is 16.6. The van der Waals surface area contributed by atoms with E-state index < -0.39 is 6.10 Å². The van der Waals surface area contributed by atoms with E-state index in [0.29, 0.717) is 23.5 Å². The minimum atomic E-state index is -0.535. The van der Waals surface area contributed by atoms with Gasteiger partial charge in [0.1, 0.15) is 5.56 Å². The number of rotatable bonds is 5. The van der Waals surface area contributed by atoms with Crippen LogP contribution >= 0.6 is 0 Å². The van der Waals surface area contributed by atoms with Crippen LogP contribution in [0.25, 0.3) is 5.65 Å². The minimum Gasteiger partial charge on any atom is -0.391 e. The van der Waals surface area contributed by atoms with E-state index in [-0.39, 0.29) is 12.5 Å². The van der Waals surface area contributed by atoms with Gasteiger partial charge >= 0.3 is 0 Å². The maximum atomic E-state index is 12.2. The molecule has 1 atom stereocenters. The Morgan fingerprint density at radius 2 is 2.14 bits per heavy atom. The molecule has 0 saturated carbocycles. The Hall–Kier alpha value is -1.95. The molecule has 0 aliphatic heterocycles. The Balaban J connectivity index is 2.13. The number of aliphatic hydroxyl groups excluding tert-OH is 1. The number of aryl methyl sites for hydroxylation is 2. The van der Waals surface area contributed by atoms with Gasteiger partial charge in [-0.15, -0.1) is 0 Å². The molecule has 21 heavy (non-hydrogen) atoms. The van der Waals surface area contributed by atoms with Crippen molar-refractivity contribution in [1.82, 2.24) is 19.9 Å². The number of aromatic nitrogens is 3. The van der Waals surface area contributed by atoms with E-state index in [0.717, 1.165) is 11.4 Å². The van der Waals surface area contributed by atoms with E-state index in [4.69, 9.17) is 0 Å². The van der Waals surface area contributed by atoms with Gasteiger partial charge in [0.2, 0.25) is 0 Å². The molecule has 2 heterocycles. The molecule has 1 amide bonds. The van der Waals surface area contributed by atoms with Crippen LogP contribution < -0.4 is 5.32 Å². The van der Waals surface area contributed by atoms with Crippen molar-refractivity contribution in [2.24, 2.45) is 5.92 Å². The van der Waals surface area contributed by atoms with Gasteiger partial charge in [0, 0.05) is 17.9 Å². The second-order valence-corrected chi connectivity index (χ2v) is 5.83. The Kier molecular flexibility index (Phi) is 4.57. The smallest absolute Gasteiger partial charge is 0.256 e. The molecule has 2 rings (SSSR count). The SMILES string of the molecule is Cc1cc(C)n2ncc(C(=O)NCC(O)CC(C)C)c2n1. The predicted molar refractivity (Wildman–Crippen MR) is 80.3 cm³/mol. The third-order valence-corrected chi connectivity index (χ3v) is 3.26. The monoisotopic (exact) mass is 290 g/mol. The van der Waals surface area contributed by atoms with Crippen molar-refractivity contribution in [3.63, 3.8) is 0 Å². The second-order valence-electron chi connectivity index (χ2n) is 5.83. The van der Waals surface area contributed by atoms with Crippen molar-refractivity contribution < 1.29 is 9.90 Å². The fourth-order valence-corrected chi connectivity index (χ4v) is 2.36. The highest BCUT2D eigenvalue weighted by Crippen LogP contribution is 2.12. The summed E-state index contributed by atoms with van der Waals surface area (Å²) in [7, 11) is 0. The zero-order valence-corrected chi connectivity index (χ0v) is 12.9. The molecule has 0 spiro atoms. The van der Waals surface area contributed by atoms with Crippen LogP contribution in [0, 0.1) is 19.8 Å². The average molecular weight is 290 g/mol. The molecule has 2 N–H and O–H groups in total. The van der Waals surface area contributed by atoms with E-state index >= 15 is 0 Å². The van der Waals surface area contributed by atoms with Gasteiger partial charge in [0.15, 0.2) is 5.65 Å². The number of hydrogen-bond acceptors (Lipinski definition) is 4. The number of carbonyl (C=O) groups is 1. The summed E-state index contributed by atoms with van der Waals surface area (Å²) in [6.07, 6.45) is 1.64. The van der Waals surface area contributed by atoms with Crippen LogP contribution in [0.3, 0.4) is 0 Å². The first-order valence-electron chi connectivity index (χ1n) is 7.16. The van der Waals surface area contributed by atoms with E-state index in [9.17, 15) is 9.90 Å². The molecule has 0 radical (unpaired) electrons. The van der Waals surface area contributed by atoms with Gasteiger partial charge in [-0.1, -0.05) is 13.8 Å². The van der Waals surface area contributed by atoms with Crippen molar-refractivity contribution in [2.45, 2.75) is 40.2 Å². The molecule has 6 nitrogen and oxygen atoms in total. The summed E-state index contributed by atoms with van der Waals surface area (Å²) >= 11 is 0. The third-order valence-electron chi connectivity index (χ3n) is 3.26. The molecule has 2 aromatic rings. The number of nitrogens with zero attached hydrogens (tertiary/aromatic N) is 3. The summed E-state index contributed by atoms with van der Waals surface area (Å²) < 4.78 is 1.65. The molecule has 0 bridgehead atoms. The van der Waals surface area contributed by atoms with Crippen LogP contribution in [0.1, 0.15) is 42.0 Å². The summed E-state index contributed by atoms with van der Waals surface area (Å²) in [5.74, 6) is 0.131. The molecule has 0 fully saturated rings. The number of aliphatic hydroxyl groups is 1. The predicted octanol–water partition coefficient (Wildman–Crippen LogP) is 1.48. The van der Waals surface area contributed by atoms with Crippen LogP contribution in [0.2, 0.25) is 0 Å². The molecule has 1 unspecified atom stereocenters. The third kappa shape index (κ3) is 3.58. The van der Waals surface area contributed by atoms with Gasteiger partial charge in [-0.05, 0) is 32.3 Å². The Morgan fingerprint density at radius 1 is 1.43 bits per heavy atom. The van der Waals surface area contributed by atoms with Crippen molar-refractivity contribution >= 4 is 11.6 Å². The second kappa shape index (κ2) is 6.22. The van der Waals surface area contributed by atoms with Crippen molar-refractivity contribution in [1.29, 1.82) is 0 Å². The summed E-state index contributed by atoms with van der Waals surface area (Å²) in [6.45, 7) is 8.10. The highest BCUT2D eigenvalue weighted by molar-refractivity contribution is 5.99. The molecule has 6 heteroatoms. The number of fused-ring (bicyclic) bond motifs is 1. The molecule has 0 aliphatic carbocycles. The van der Waals surface area contributed by atoms with Gasteiger partial charge in [0.05, 0.1) is 12.3 Å². The van der Waals surface area contributed by atoms with Crippen LogP contribution in [-0.4, -0.2) is 38.3 Å². The van der Waals surface area contributed by atoms with Crippen molar-refractivity contribution in [2.75, 3.05) is 6.54 Å². The first-order valence-corrected chi connectivity index (χ1v) is 7.16. The summed E-state index contributed by atoms with van der Waals surface area (Å²) in [5.41, 5.74) is 2.74. The molecule has 0 saturated heterocycles. The Labute approximate surface area is 124 Å².